The molecule has 0 saturated carbocycles. The van der Waals surface area contributed by atoms with Crippen LogP contribution in [0, 0.1) is 0 Å². The van der Waals surface area contributed by atoms with E-state index in [2.05, 4.69) is 5.32 Å². The third-order valence-electron chi connectivity index (χ3n) is 2.79. The molecule has 0 aliphatic carbocycles. The molecule has 0 heterocycles. The second kappa shape index (κ2) is 6.48. The fraction of sp³-hybridized carbons (Fsp3) is 0.0588. The maximum atomic E-state index is 11.9. The number of amides is 1. The number of hydrogen-bond acceptors (Lipinski definition) is 2. The van der Waals surface area contributed by atoms with E-state index in [9.17, 15) is 9.59 Å². The smallest absolute Gasteiger partial charge is 0.248 e. The topological polar surface area (TPSA) is 46.2 Å². The Morgan fingerprint density at radius 3 is 2.30 bits per heavy atom. The number of carbonyl (C=O) groups is 2. The van der Waals surface area contributed by atoms with E-state index in [4.69, 9.17) is 0 Å². The molecule has 20 heavy (non-hydrogen) atoms. The molecular weight excluding hydrogens is 250 g/mol. The number of nitrogens with one attached hydrogen (secondary N) is 1. The Bertz CT molecular complexity index is 645. The van der Waals surface area contributed by atoms with Gasteiger partial charge in [0.05, 0.1) is 5.69 Å². The second-order valence-electron chi connectivity index (χ2n) is 4.34. The lowest BCUT2D eigenvalue weighted by Gasteiger charge is -2.06. The monoisotopic (exact) mass is 265 g/mol. The maximum absolute atomic E-state index is 11.9. The Morgan fingerprint density at radius 2 is 1.60 bits per heavy atom. The predicted molar refractivity (Wildman–Crippen MR) is 80.6 cm³/mol. The molecule has 100 valence electrons. The molecule has 0 saturated heterocycles. The molecule has 0 radical (unpaired) electrons. The number of para-hydroxylation sites is 1. The van der Waals surface area contributed by atoms with E-state index >= 15 is 0 Å². The average molecular weight is 265 g/mol. The normalized spacial score (nSPS) is 10.4. The number of ketones is 1. The minimum atomic E-state index is -0.262. The number of hydrogen-bond donors (Lipinski definition) is 1. The van der Waals surface area contributed by atoms with Gasteiger partial charge in [0, 0.05) is 11.6 Å². The quantitative estimate of drug-likeness (QED) is 0.679. The summed E-state index contributed by atoms with van der Waals surface area (Å²) in [6.45, 7) is 1.48. The Morgan fingerprint density at radius 1 is 0.950 bits per heavy atom. The van der Waals surface area contributed by atoms with Crippen LogP contribution in [0.25, 0.3) is 6.08 Å². The third-order valence-corrected chi connectivity index (χ3v) is 2.79. The van der Waals surface area contributed by atoms with Gasteiger partial charge in [-0.25, -0.2) is 0 Å². The highest BCUT2D eigenvalue weighted by molar-refractivity contribution is 6.07. The molecule has 3 heteroatoms. The molecule has 0 atom stereocenters. The summed E-state index contributed by atoms with van der Waals surface area (Å²) >= 11 is 0. The molecule has 3 nitrogen and oxygen atoms in total. The summed E-state index contributed by atoms with van der Waals surface area (Å²) in [5, 5.41) is 2.72. The summed E-state index contributed by atoms with van der Waals surface area (Å²) in [7, 11) is 0. The van der Waals surface area contributed by atoms with Crippen molar-refractivity contribution in [1.82, 2.24) is 0 Å². The first-order chi connectivity index (χ1) is 9.66. The van der Waals surface area contributed by atoms with Crippen LogP contribution in [0.3, 0.4) is 0 Å². The van der Waals surface area contributed by atoms with Gasteiger partial charge in [0.1, 0.15) is 0 Å². The lowest BCUT2D eigenvalue weighted by Crippen LogP contribution is -2.11. The highest BCUT2D eigenvalue weighted by Crippen LogP contribution is 2.15. The van der Waals surface area contributed by atoms with E-state index in [1.165, 1.54) is 13.0 Å². The minimum Gasteiger partial charge on any atom is -0.322 e. The van der Waals surface area contributed by atoms with Gasteiger partial charge in [-0.15, -0.1) is 0 Å². The molecule has 0 unspecified atom stereocenters. The minimum absolute atomic E-state index is 0.0760. The molecule has 0 aliphatic heterocycles. The zero-order valence-corrected chi connectivity index (χ0v) is 11.2. The van der Waals surface area contributed by atoms with Crippen LogP contribution in [0.15, 0.2) is 60.7 Å². The van der Waals surface area contributed by atoms with Crippen molar-refractivity contribution in [3.63, 3.8) is 0 Å². The molecular formula is C17H15NO2. The number of carbonyl (C=O) groups excluding carboxylic acids is 2. The average Bonchev–Trinajstić information content (AvgIpc) is 2.46. The Balaban J connectivity index is 2.09. The maximum Gasteiger partial charge on any atom is 0.248 e. The van der Waals surface area contributed by atoms with Gasteiger partial charge in [-0.2, -0.15) is 0 Å². The van der Waals surface area contributed by atoms with Crippen molar-refractivity contribution in [2.24, 2.45) is 0 Å². The lowest BCUT2D eigenvalue weighted by atomic mass is 10.1. The molecule has 1 amide bonds. The molecule has 1 N–H and O–H groups in total. The lowest BCUT2D eigenvalue weighted by molar-refractivity contribution is -0.111. The van der Waals surface area contributed by atoms with Gasteiger partial charge in [-0.1, -0.05) is 42.5 Å². The zero-order chi connectivity index (χ0) is 14.4. The van der Waals surface area contributed by atoms with Crippen LogP contribution in [0.5, 0.6) is 0 Å². The largest absolute Gasteiger partial charge is 0.322 e. The van der Waals surface area contributed by atoms with Crippen LogP contribution < -0.4 is 5.32 Å². The molecule has 0 spiro atoms. The van der Waals surface area contributed by atoms with Gasteiger partial charge in [-0.3, -0.25) is 9.59 Å². The molecule has 2 aromatic carbocycles. The van der Waals surface area contributed by atoms with E-state index < -0.39 is 0 Å². The van der Waals surface area contributed by atoms with Gasteiger partial charge in [-0.05, 0) is 30.7 Å². The Hall–Kier alpha value is -2.68. The molecule has 0 bridgehead atoms. The van der Waals surface area contributed by atoms with Crippen molar-refractivity contribution in [2.75, 3.05) is 5.32 Å². The third kappa shape index (κ3) is 3.65. The van der Waals surface area contributed by atoms with Crippen LogP contribution in [0.4, 0.5) is 5.69 Å². The highest BCUT2D eigenvalue weighted by Gasteiger charge is 2.07. The first-order valence-electron chi connectivity index (χ1n) is 6.31. The molecule has 0 aliphatic rings. The first-order valence-corrected chi connectivity index (χ1v) is 6.31. The summed E-state index contributed by atoms with van der Waals surface area (Å²) in [4.78, 5) is 23.3. The van der Waals surface area contributed by atoms with Gasteiger partial charge in [0.25, 0.3) is 0 Å². The van der Waals surface area contributed by atoms with E-state index in [-0.39, 0.29) is 11.7 Å². The van der Waals surface area contributed by atoms with Crippen LogP contribution in [-0.2, 0) is 4.79 Å². The van der Waals surface area contributed by atoms with Gasteiger partial charge in [0.15, 0.2) is 5.78 Å². The van der Waals surface area contributed by atoms with Crippen molar-refractivity contribution in [3.05, 3.63) is 71.8 Å². The molecule has 2 aromatic rings. The van der Waals surface area contributed by atoms with Gasteiger partial charge in [0.2, 0.25) is 5.91 Å². The molecule has 0 fully saturated rings. The number of anilines is 1. The highest BCUT2D eigenvalue weighted by atomic mass is 16.1. The number of rotatable bonds is 4. The fourth-order valence-corrected chi connectivity index (χ4v) is 1.81. The summed E-state index contributed by atoms with van der Waals surface area (Å²) in [5.74, 6) is -0.338. The summed E-state index contributed by atoms with van der Waals surface area (Å²) in [6.07, 6.45) is 3.18. The van der Waals surface area contributed by atoms with Crippen molar-refractivity contribution < 1.29 is 9.59 Å². The molecule has 2 rings (SSSR count). The number of benzene rings is 2. The van der Waals surface area contributed by atoms with E-state index in [0.717, 1.165) is 5.56 Å². The van der Waals surface area contributed by atoms with E-state index in [1.54, 1.807) is 30.3 Å². The fourth-order valence-electron chi connectivity index (χ4n) is 1.81. The Labute approximate surface area is 117 Å². The zero-order valence-electron chi connectivity index (χ0n) is 11.2. The van der Waals surface area contributed by atoms with Crippen LogP contribution in [-0.4, -0.2) is 11.7 Å². The summed E-state index contributed by atoms with van der Waals surface area (Å²) in [5.41, 5.74) is 1.99. The van der Waals surface area contributed by atoms with Crippen LogP contribution in [0.1, 0.15) is 22.8 Å². The predicted octanol–water partition coefficient (Wildman–Crippen LogP) is 3.54. The Kier molecular flexibility index (Phi) is 4.45. The van der Waals surface area contributed by atoms with E-state index in [1.807, 2.05) is 30.3 Å². The standard InChI is InChI=1S/C17H15NO2/c1-13(19)15-9-5-6-10-16(15)18-17(20)12-11-14-7-3-2-4-8-14/h2-12H,1H3,(H,18,20)/b12-11-. The van der Waals surface area contributed by atoms with Crippen LogP contribution in [0.2, 0.25) is 0 Å². The second-order valence-corrected chi connectivity index (χ2v) is 4.34. The number of Topliss-reactive ketones (excluding diaryl/α,β-unsaturated/α-hetero) is 1. The SMILES string of the molecule is CC(=O)c1ccccc1NC(=O)/C=C\c1ccccc1. The van der Waals surface area contributed by atoms with Crippen molar-refractivity contribution >= 4 is 23.5 Å². The van der Waals surface area contributed by atoms with Gasteiger partial charge >= 0.3 is 0 Å². The molecule has 0 aromatic heterocycles. The summed E-state index contributed by atoms with van der Waals surface area (Å²) in [6, 6.07) is 16.5. The van der Waals surface area contributed by atoms with Crippen molar-refractivity contribution in [2.45, 2.75) is 6.92 Å². The van der Waals surface area contributed by atoms with E-state index in [0.29, 0.717) is 11.3 Å². The van der Waals surface area contributed by atoms with Crippen molar-refractivity contribution in [3.8, 4) is 0 Å². The summed E-state index contributed by atoms with van der Waals surface area (Å²) < 4.78 is 0. The van der Waals surface area contributed by atoms with Crippen LogP contribution >= 0.6 is 0 Å². The van der Waals surface area contributed by atoms with Crippen molar-refractivity contribution in [1.29, 1.82) is 0 Å². The van der Waals surface area contributed by atoms with Gasteiger partial charge < -0.3 is 5.32 Å². The first kappa shape index (κ1) is 13.7.